The Bertz CT molecular complexity index is 747. The molecule has 0 radical (unpaired) electrons. The second-order valence-electron chi connectivity index (χ2n) is 5.45. The fourth-order valence-corrected chi connectivity index (χ4v) is 2.46. The van der Waals surface area contributed by atoms with Gasteiger partial charge in [0.05, 0.1) is 6.54 Å². The average molecular weight is 323 g/mol. The number of carbonyl (C=O) groups excluding carboxylic acids is 1. The van der Waals surface area contributed by atoms with Crippen LogP contribution >= 0.6 is 0 Å². The van der Waals surface area contributed by atoms with Crippen molar-refractivity contribution >= 4 is 11.6 Å². The van der Waals surface area contributed by atoms with Crippen molar-refractivity contribution in [2.24, 2.45) is 0 Å². The Morgan fingerprint density at radius 3 is 2.83 bits per heavy atom. The van der Waals surface area contributed by atoms with Gasteiger partial charge >= 0.3 is 0 Å². The molecule has 0 unspecified atom stereocenters. The van der Waals surface area contributed by atoms with Crippen molar-refractivity contribution in [1.82, 2.24) is 20.2 Å². The summed E-state index contributed by atoms with van der Waals surface area (Å²) in [5, 5.41) is 11.2. The summed E-state index contributed by atoms with van der Waals surface area (Å²) in [6, 6.07) is 1.94. The van der Waals surface area contributed by atoms with Crippen LogP contribution in [0.1, 0.15) is 25.6 Å². The van der Waals surface area contributed by atoms with E-state index < -0.39 is 17.5 Å². The number of hydrogen-bond donors (Lipinski definition) is 0. The number of anilines is 1. The van der Waals surface area contributed by atoms with Gasteiger partial charge in [0.2, 0.25) is 5.91 Å². The number of halogens is 2. The molecule has 23 heavy (non-hydrogen) atoms. The zero-order valence-electron chi connectivity index (χ0n) is 12.7. The molecule has 0 spiro atoms. The first-order valence-electron chi connectivity index (χ1n) is 7.16. The van der Waals surface area contributed by atoms with Gasteiger partial charge in [-0.3, -0.25) is 4.79 Å². The fourth-order valence-electron chi connectivity index (χ4n) is 2.46. The summed E-state index contributed by atoms with van der Waals surface area (Å²) < 4.78 is 34.3. The third kappa shape index (κ3) is 2.73. The largest absolute Gasteiger partial charge is 0.486 e. The molecule has 0 fully saturated rings. The van der Waals surface area contributed by atoms with Crippen molar-refractivity contribution in [1.29, 1.82) is 0 Å². The van der Waals surface area contributed by atoms with E-state index in [0.717, 1.165) is 12.1 Å². The molecule has 1 aromatic carbocycles. The highest BCUT2D eigenvalue weighted by atomic mass is 19.1. The van der Waals surface area contributed by atoms with E-state index >= 15 is 0 Å². The Kier molecular flexibility index (Phi) is 3.93. The number of tetrazole rings is 1. The van der Waals surface area contributed by atoms with Gasteiger partial charge in [0.25, 0.3) is 0 Å². The van der Waals surface area contributed by atoms with Crippen LogP contribution in [-0.4, -0.2) is 39.3 Å². The maximum absolute atomic E-state index is 14.1. The molecule has 0 bridgehead atoms. The van der Waals surface area contributed by atoms with E-state index in [9.17, 15) is 13.6 Å². The van der Waals surface area contributed by atoms with Crippen LogP contribution in [0.3, 0.4) is 0 Å². The summed E-state index contributed by atoms with van der Waals surface area (Å²) in [5.74, 6) is -1.52. The Hall–Kier alpha value is -2.58. The van der Waals surface area contributed by atoms with Crippen molar-refractivity contribution in [2.45, 2.75) is 26.3 Å². The molecule has 2 aromatic rings. The highest BCUT2D eigenvalue weighted by Crippen LogP contribution is 2.36. The van der Waals surface area contributed by atoms with E-state index in [1.165, 1.54) is 9.58 Å². The summed E-state index contributed by atoms with van der Waals surface area (Å²) in [5.41, 5.74) is -0.180. The van der Waals surface area contributed by atoms with Crippen molar-refractivity contribution in [3.8, 4) is 5.75 Å². The molecule has 122 valence electrons. The number of ether oxygens (including phenoxy) is 1. The molecule has 0 saturated heterocycles. The molecule has 0 N–H and O–H groups in total. The Morgan fingerprint density at radius 2 is 2.09 bits per heavy atom. The SMILES string of the molecule is CC(C)c1nnnn1CC(=O)N1CCOc2c(F)ccc(F)c21. The van der Waals surface area contributed by atoms with Crippen molar-refractivity contribution in [3.63, 3.8) is 0 Å². The Morgan fingerprint density at radius 1 is 1.35 bits per heavy atom. The maximum atomic E-state index is 14.1. The third-order valence-electron chi connectivity index (χ3n) is 3.53. The topological polar surface area (TPSA) is 73.1 Å². The second kappa shape index (κ2) is 5.90. The number of carbonyl (C=O) groups is 1. The first-order chi connectivity index (χ1) is 11.0. The van der Waals surface area contributed by atoms with Crippen LogP contribution in [0.5, 0.6) is 5.75 Å². The quantitative estimate of drug-likeness (QED) is 0.856. The molecule has 0 saturated carbocycles. The van der Waals surface area contributed by atoms with E-state index in [0.29, 0.717) is 5.82 Å². The fraction of sp³-hybridized carbons (Fsp3) is 0.429. The molecule has 1 aliphatic heterocycles. The van der Waals surface area contributed by atoms with Crippen LogP contribution in [0.4, 0.5) is 14.5 Å². The number of fused-ring (bicyclic) bond motifs is 1. The predicted molar refractivity (Wildman–Crippen MR) is 76.1 cm³/mol. The van der Waals surface area contributed by atoms with Gasteiger partial charge < -0.3 is 9.64 Å². The van der Waals surface area contributed by atoms with Crippen LogP contribution in [0.15, 0.2) is 12.1 Å². The molecule has 1 aromatic heterocycles. The van der Waals surface area contributed by atoms with Gasteiger partial charge in [-0.05, 0) is 22.6 Å². The lowest BCUT2D eigenvalue weighted by Crippen LogP contribution is -2.41. The van der Waals surface area contributed by atoms with Gasteiger partial charge in [-0.15, -0.1) is 5.10 Å². The summed E-state index contributed by atoms with van der Waals surface area (Å²) >= 11 is 0. The number of nitrogens with zero attached hydrogens (tertiary/aromatic N) is 5. The smallest absolute Gasteiger partial charge is 0.249 e. The first kappa shape index (κ1) is 15.3. The summed E-state index contributed by atoms with van der Waals surface area (Å²) in [6.07, 6.45) is 0. The van der Waals surface area contributed by atoms with E-state index in [2.05, 4.69) is 15.5 Å². The van der Waals surface area contributed by atoms with Gasteiger partial charge in [-0.2, -0.15) is 0 Å². The molecular formula is C14H15F2N5O2. The minimum Gasteiger partial charge on any atom is -0.486 e. The lowest BCUT2D eigenvalue weighted by atomic mass is 10.2. The first-order valence-corrected chi connectivity index (χ1v) is 7.16. The number of benzene rings is 1. The lowest BCUT2D eigenvalue weighted by Gasteiger charge is -2.30. The normalized spacial score (nSPS) is 13.9. The standard InChI is InChI=1S/C14H15F2N5O2/c1-8(2)14-17-18-19-21(14)7-11(22)20-5-6-23-13-10(16)4-3-9(15)12(13)20/h3-4,8H,5-7H2,1-2H3. The maximum Gasteiger partial charge on any atom is 0.249 e. The Labute approximate surface area is 130 Å². The molecule has 1 amide bonds. The number of amides is 1. The number of rotatable bonds is 3. The van der Waals surface area contributed by atoms with Crippen LogP contribution < -0.4 is 9.64 Å². The number of aromatic nitrogens is 4. The minimum atomic E-state index is -0.713. The summed E-state index contributed by atoms with van der Waals surface area (Å²) in [7, 11) is 0. The van der Waals surface area contributed by atoms with Gasteiger partial charge in [0.15, 0.2) is 23.2 Å². The molecule has 1 aliphatic rings. The van der Waals surface area contributed by atoms with Gasteiger partial charge in [-0.1, -0.05) is 13.8 Å². The summed E-state index contributed by atoms with van der Waals surface area (Å²) in [4.78, 5) is 13.7. The van der Waals surface area contributed by atoms with Crippen LogP contribution in [0.2, 0.25) is 0 Å². The van der Waals surface area contributed by atoms with Gasteiger partial charge in [-0.25, -0.2) is 13.5 Å². The molecule has 3 rings (SSSR count). The average Bonchev–Trinajstić information content (AvgIpc) is 2.99. The molecule has 0 atom stereocenters. The van der Waals surface area contributed by atoms with Gasteiger partial charge in [0.1, 0.15) is 18.8 Å². The zero-order valence-corrected chi connectivity index (χ0v) is 12.7. The molecule has 2 heterocycles. The van der Waals surface area contributed by atoms with E-state index in [-0.39, 0.29) is 37.1 Å². The Balaban J connectivity index is 1.90. The van der Waals surface area contributed by atoms with Crippen LogP contribution in [0.25, 0.3) is 0 Å². The van der Waals surface area contributed by atoms with Crippen molar-refractivity contribution in [2.75, 3.05) is 18.1 Å². The predicted octanol–water partition coefficient (Wildman–Crippen LogP) is 1.50. The van der Waals surface area contributed by atoms with Crippen molar-refractivity contribution < 1.29 is 18.3 Å². The zero-order chi connectivity index (χ0) is 16.6. The monoisotopic (exact) mass is 323 g/mol. The summed E-state index contributed by atoms with van der Waals surface area (Å²) in [6.45, 7) is 3.85. The van der Waals surface area contributed by atoms with E-state index in [1.54, 1.807) is 0 Å². The van der Waals surface area contributed by atoms with Crippen LogP contribution in [0, 0.1) is 11.6 Å². The van der Waals surface area contributed by atoms with Crippen LogP contribution in [-0.2, 0) is 11.3 Å². The highest BCUT2D eigenvalue weighted by molar-refractivity contribution is 5.95. The molecule has 9 heteroatoms. The second-order valence-corrected chi connectivity index (χ2v) is 5.45. The molecule has 7 nitrogen and oxygen atoms in total. The minimum absolute atomic E-state index is 0.0314. The van der Waals surface area contributed by atoms with E-state index in [4.69, 9.17) is 4.74 Å². The molecule has 0 aliphatic carbocycles. The number of hydrogen-bond acceptors (Lipinski definition) is 5. The van der Waals surface area contributed by atoms with Crippen molar-refractivity contribution in [3.05, 3.63) is 29.6 Å². The van der Waals surface area contributed by atoms with Gasteiger partial charge in [0, 0.05) is 5.92 Å². The molecular weight excluding hydrogens is 308 g/mol. The third-order valence-corrected chi connectivity index (χ3v) is 3.53. The lowest BCUT2D eigenvalue weighted by molar-refractivity contribution is -0.119. The van der Waals surface area contributed by atoms with E-state index in [1.807, 2.05) is 13.8 Å². The highest BCUT2D eigenvalue weighted by Gasteiger charge is 2.30.